The number of halogens is 1. The molecule has 4 nitrogen and oxygen atoms in total. The zero-order valence-electron chi connectivity index (χ0n) is 10.6. The first kappa shape index (κ1) is 12.8. The zero-order valence-corrected chi connectivity index (χ0v) is 11.4. The molecule has 2 aromatic rings. The lowest BCUT2D eigenvalue weighted by atomic mass is 10.1. The SMILES string of the molecule is CNc1nc(C(C)C)nnc1-c1ccc(Cl)cc1. The fourth-order valence-corrected chi connectivity index (χ4v) is 1.69. The number of hydrogen-bond donors (Lipinski definition) is 1. The molecule has 18 heavy (non-hydrogen) atoms. The average molecular weight is 263 g/mol. The van der Waals surface area contributed by atoms with Crippen LogP contribution in [-0.4, -0.2) is 22.2 Å². The number of aromatic nitrogens is 3. The number of benzene rings is 1. The van der Waals surface area contributed by atoms with Gasteiger partial charge in [0, 0.05) is 23.6 Å². The molecule has 0 aliphatic rings. The van der Waals surface area contributed by atoms with Gasteiger partial charge in [-0.25, -0.2) is 4.98 Å². The van der Waals surface area contributed by atoms with Gasteiger partial charge in [-0.2, -0.15) is 0 Å². The van der Waals surface area contributed by atoms with E-state index >= 15 is 0 Å². The summed E-state index contributed by atoms with van der Waals surface area (Å²) in [7, 11) is 1.83. The Kier molecular flexibility index (Phi) is 3.77. The van der Waals surface area contributed by atoms with Gasteiger partial charge in [0.25, 0.3) is 0 Å². The molecule has 0 radical (unpaired) electrons. The molecule has 0 saturated heterocycles. The Balaban J connectivity index is 2.47. The van der Waals surface area contributed by atoms with Crippen LogP contribution in [0.1, 0.15) is 25.6 Å². The second kappa shape index (κ2) is 5.31. The van der Waals surface area contributed by atoms with Crippen molar-refractivity contribution in [1.82, 2.24) is 15.2 Å². The van der Waals surface area contributed by atoms with Crippen LogP contribution >= 0.6 is 11.6 Å². The van der Waals surface area contributed by atoms with Crippen molar-refractivity contribution in [3.8, 4) is 11.3 Å². The molecular formula is C13H15ClN4. The number of hydrogen-bond acceptors (Lipinski definition) is 4. The van der Waals surface area contributed by atoms with E-state index in [0.29, 0.717) is 5.02 Å². The molecule has 1 heterocycles. The molecule has 0 amide bonds. The molecule has 1 aromatic heterocycles. The van der Waals surface area contributed by atoms with E-state index in [0.717, 1.165) is 22.9 Å². The Morgan fingerprint density at radius 2 is 1.78 bits per heavy atom. The molecule has 0 aliphatic heterocycles. The largest absolute Gasteiger partial charge is 0.371 e. The van der Waals surface area contributed by atoms with Crippen molar-refractivity contribution in [1.29, 1.82) is 0 Å². The molecule has 0 atom stereocenters. The van der Waals surface area contributed by atoms with E-state index in [1.54, 1.807) is 0 Å². The molecule has 2 rings (SSSR count). The third kappa shape index (κ3) is 2.59. The summed E-state index contributed by atoms with van der Waals surface area (Å²) in [6, 6.07) is 7.47. The maximum absolute atomic E-state index is 5.87. The topological polar surface area (TPSA) is 50.7 Å². The highest BCUT2D eigenvalue weighted by Crippen LogP contribution is 2.25. The third-order valence-electron chi connectivity index (χ3n) is 2.57. The van der Waals surface area contributed by atoms with Crippen LogP contribution in [0.15, 0.2) is 24.3 Å². The van der Waals surface area contributed by atoms with Crippen LogP contribution in [0.5, 0.6) is 0 Å². The molecule has 0 bridgehead atoms. The van der Waals surface area contributed by atoms with Crippen molar-refractivity contribution in [3.05, 3.63) is 35.1 Å². The molecule has 0 aliphatic carbocycles. The van der Waals surface area contributed by atoms with E-state index in [4.69, 9.17) is 11.6 Å². The van der Waals surface area contributed by atoms with Gasteiger partial charge in [0.15, 0.2) is 11.6 Å². The molecule has 0 unspecified atom stereocenters. The predicted octanol–water partition coefficient (Wildman–Crippen LogP) is 3.36. The van der Waals surface area contributed by atoms with Crippen LogP contribution in [0.25, 0.3) is 11.3 Å². The fraction of sp³-hybridized carbons (Fsp3) is 0.308. The first-order chi connectivity index (χ1) is 8.61. The van der Waals surface area contributed by atoms with E-state index in [-0.39, 0.29) is 5.92 Å². The van der Waals surface area contributed by atoms with Crippen molar-refractivity contribution < 1.29 is 0 Å². The van der Waals surface area contributed by atoms with Crippen LogP contribution in [0.2, 0.25) is 5.02 Å². The number of anilines is 1. The quantitative estimate of drug-likeness (QED) is 0.922. The van der Waals surface area contributed by atoms with Crippen LogP contribution in [0.4, 0.5) is 5.82 Å². The van der Waals surface area contributed by atoms with Crippen molar-refractivity contribution in [2.75, 3.05) is 12.4 Å². The van der Waals surface area contributed by atoms with E-state index in [9.17, 15) is 0 Å². The van der Waals surface area contributed by atoms with E-state index < -0.39 is 0 Å². The summed E-state index contributed by atoms with van der Waals surface area (Å²) in [5.74, 6) is 1.72. The lowest BCUT2D eigenvalue weighted by Crippen LogP contribution is -2.06. The van der Waals surface area contributed by atoms with E-state index in [1.165, 1.54) is 0 Å². The summed E-state index contributed by atoms with van der Waals surface area (Å²) in [5, 5.41) is 12.2. The zero-order chi connectivity index (χ0) is 13.1. The minimum Gasteiger partial charge on any atom is -0.371 e. The Bertz CT molecular complexity index is 537. The molecule has 1 aromatic carbocycles. The summed E-state index contributed by atoms with van der Waals surface area (Å²) in [4.78, 5) is 4.47. The van der Waals surface area contributed by atoms with Gasteiger partial charge in [-0.15, -0.1) is 10.2 Å². The van der Waals surface area contributed by atoms with Gasteiger partial charge in [0.2, 0.25) is 0 Å². The summed E-state index contributed by atoms with van der Waals surface area (Å²) < 4.78 is 0. The first-order valence-electron chi connectivity index (χ1n) is 5.80. The standard InChI is InChI=1S/C13H15ClN4/c1-8(2)12-16-13(15-3)11(17-18-12)9-4-6-10(14)7-5-9/h4-8H,1-3H3,(H,15,16,18). The normalized spacial score (nSPS) is 10.7. The maximum atomic E-state index is 5.87. The van der Waals surface area contributed by atoms with Gasteiger partial charge in [-0.05, 0) is 12.1 Å². The van der Waals surface area contributed by atoms with Gasteiger partial charge >= 0.3 is 0 Å². The fourth-order valence-electron chi connectivity index (χ4n) is 1.56. The van der Waals surface area contributed by atoms with Crippen LogP contribution in [0.3, 0.4) is 0 Å². The lowest BCUT2D eigenvalue weighted by molar-refractivity contribution is 0.740. The molecule has 1 N–H and O–H groups in total. The van der Waals surface area contributed by atoms with E-state index in [1.807, 2.05) is 45.2 Å². The van der Waals surface area contributed by atoms with Crippen molar-refractivity contribution in [3.63, 3.8) is 0 Å². The van der Waals surface area contributed by atoms with Crippen LogP contribution in [0, 0.1) is 0 Å². The second-order valence-corrected chi connectivity index (χ2v) is 4.72. The summed E-state index contributed by atoms with van der Waals surface area (Å²) in [6.07, 6.45) is 0. The van der Waals surface area contributed by atoms with Gasteiger partial charge in [0.05, 0.1) is 0 Å². The Morgan fingerprint density at radius 1 is 1.11 bits per heavy atom. The van der Waals surface area contributed by atoms with Crippen LogP contribution < -0.4 is 5.32 Å². The summed E-state index contributed by atoms with van der Waals surface area (Å²) >= 11 is 5.87. The molecule has 0 spiro atoms. The van der Waals surface area contributed by atoms with Gasteiger partial charge in [0.1, 0.15) is 5.69 Å². The van der Waals surface area contributed by atoms with Crippen LogP contribution in [-0.2, 0) is 0 Å². The third-order valence-corrected chi connectivity index (χ3v) is 2.83. The number of nitrogens with zero attached hydrogens (tertiary/aromatic N) is 3. The highest BCUT2D eigenvalue weighted by Gasteiger charge is 2.12. The predicted molar refractivity (Wildman–Crippen MR) is 73.9 cm³/mol. The van der Waals surface area contributed by atoms with Crippen molar-refractivity contribution >= 4 is 17.4 Å². The highest BCUT2D eigenvalue weighted by molar-refractivity contribution is 6.30. The average Bonchev–Trinajstić information content (AvgIpc) is 2.39. The molecule has 0 fully saturated rings. The molecule has 0 saturated carbocycles. The van der Waals surface area contributed by atoms with Gasteiger partial charge in [-0.3, -0.25) is 0 Å². The van der Waals surface area contributed by atoms with Crippen molar-refractivity contribution in [2.45, 2.75) is 19.8 Å². The molecule has 94 valence electrons. The first-order valence-corrected chi connectivity index (χ1v) is 6.18. The van der Waals surface area contributed by atoms with E-state index in [2.05, 4.69) is 20.5 Å². The molecule has 5 heteroatoms. The minimum absolute atomic E-state index is 0.254. The monoisotopic (exact) mass is 262 g/mol. The highest BCUT2D eigenvalue weighted by atomic mass is 35.5. The summed E-state index contributed by atoms with van der Waals surface area (Å²) in [6.45, 7) is 4.08. The summed E-state index contributed by atoms with van der Waals surface area (Å²) in [5.41, 5.74) is 1.68. The minimum atomic E-state index is 0.254. The van der Waals surface area contributed by atoms with Crippen molar-refractivity contribution in [2.24, 2.45) is 0 Å². The second-order valence-electron chi connectivity index (χ2n) is 4.28. The Morgan fingerprint density at radius 3 is 2.33 bits per heavy atom. The van der Waals surface area contributed by atoms with Gasteiger partial charge < -0.3 is 5.32 Å². The molecular weight excluding hydrogens is 248 g/mol. The lowest BCUT2D eigenvalue weighted by Gasteiger charge is -2.09. The number of rotatable bonds is 3. The maximum Gasteiger partial charge on any atom is 0.156 e. The Hall–Kier alpha value is -1.68. The van der Waals surface area contributed by atoms with Gasteiger partial charge in [-0.1, -0.05) is 37.6 Å². The smallest absolute Gasteiger partial charge is 0.156 e. The number of nitrogens with one attached hydrogen (secondary N) is 1. The Labute approximate surface area is 111 Å².